The smallest absolute Gasteiger partial charge is 0.295 e. The maximum Gasteiger partial charge on any atom is 0.295 e. The van der Waals surface area contributed by atoms with Gasteiger partial charge < -0.3 is 24.4 Å². The van der Waals surface area contributed by atoms with Crippen LogP contribution in [-0.2, 0) is 9.59 Å². The molecule has 1 amide bonds. The van der Waals surface area contributed by atoms with E-state index in [1.807, 2.05) is 45.0 Å². The Morgan fingerprint density at radius 3 is 2.19 bits per heavy atom. The van der Waals surface area contributed by atoms with Crippen LogP contribution in [0.25, 0.3) is 5.76 Å². The fourth-order valence-electron chi connectivity index (χ4n) is 4.54. The number of aryl methyl sites for hydroxylation is 1. The van der Waals surface area contributed by atoms with Gasteiger partial charge in [0.05, 0.1) is 24.8 Å². The number of ketones is 1. The molecule has 1 heterocycles. The van der Waals surface area contributed by atoms with Gasteiger partial charge in [-0.25, -0.2) is 0 Å². The Bertz CT molecular complexity index is 1110. The third-order valence-corrected chi connectivity index (χ3v) is 6.67. The lowest BCUT2D eigenvalue weighted by molar-refractivity contribution is -0.140. The standard InChI is InChI=1S/C30H40N2O5/c1-6-18-36-24-13-10-22(11-14-24)27-26(29(34)30(35)32(27)17-16-31(8-3)9-4)28(33)23-12-15-25(21(5)20-23)37-19-7-2/h10-15,20,27,33H,6-9,16-19H2,1-5H3/b28-26+. The highest BCUT2D eigenvalue weighted by atomic mass is 16.5. The summed E-state index contributed by atoms with van der Waals surface area (Å²) in [5.41, 5.74) is 2.19. The van der Waals surface area contributed by atoms with Crippen LogP contribution >= 0.6 is 0 Å². The first kappa shape index (κ1) is 28.3. The molecule has 200 valence electrons. The molecule has 7 heteroatoms. The quantitative estimate of drug-likeness (QED) is 0.224. The lowest BCUT2D eigenvalue weighted by Crippen LogP contribution is -2.38. The van der Waals surface area contributed by atoms with E-state index in [4.69, 9.17) is 9.47 Å². The minimum absolute atomic E-state index is 0.105. The number of hydrogen-bond donors (Lipinski definition) is 1. The number of aliphatic hydroxyl groups excluding tert-OH is 1. The van der Waals surface area contributed by atoms with Gasteiger partial charge in [-0.05, 0) is 74.3 Å². The normalized spacial score (nSPS) is 17.0. The van der Waals surface area contributed by atoms with E-state index in [0.717, 1.165) is 48.6 Å². The number of likely N-dealkylation sites (N-methyl/N-ethyl adjacent to an activating group) is 1. The number of carbonyl (C=O) groups excluding carboxylic acids is 2. The number of nitrogens with zero attached hydrogens (tertiary/aromatic N) is 2. The van der Waals surface area contributed by atoms with E-state index in [1.165, 1.54) is 0 Å². The summed E-state index contributed by atoms with van der Waals surface area (Å²) in [5.74, 6) is 0.0216. The molecule has 1 unspecified atom stereocenters. The Labute approximate surface area is 220 Å². The maximum absolute atomic E-state index is 13.3. The van der Waals surface area contributed by atoms with Crippen molar-refractivity contribution >= 4 is 17.4 Å². The molecule has 7 nitrogen and oxygen atoms in total. The molecule has 1 saturated heterocycles. The van der Waals surface area contributed by atoms with Crippen molar-refractivity contribution in [3.8, 4) is 11.5 Å². The van der Waals surface area contributed by atoms with E-state index in [1.54, 1.807) is 23.1 Å². The van der Waals surface area contributed by atoms with E-state index in [-0.39, 0.29) is 11.3 Å². The van der Waals surface area contributed by atoms with E-state index in [9.17, 15) is 14.7 Å². The summed E-state index contributed by atoms with van der Waals surface area (Å²) in [6, 6.07) is 12.1. The highest BCUT2D eigenvalue weighted by molar-refractivity contribution is 6.46. The molecule has 1 fully saturated rings. The SMILES string of the molecule is CCCOc1ccc(C2/C(=C(\O)c3ccc(OCCC)c(C)c3)C(=O)C(=O)N2CCN(CC)CC)cc1. The van der Waals surface area contributed by atoms with Crippen LogP contribution in [0.5, 0.6) is 11.5 Å². The lowest BCUT2D eigenvalue weighted by atomic mass is 9.94. The minimum Gasteiger partial charge on any atom is -0.507 e. The molecular weight excluding hydrogens is 468 g/mol. The molecule has 0 aliphatic carbocycles. The Kier molecular flexibility index (Phi) is 10.1. The summed E-state index contributed by atoms with van der Waals surface area (Å²) < 4.78 is 11.5. The van der Waals surface area contributed by atoms with E-state index < -0.39 is 17.7 Å². The molecule has 0 spiro atoms. The number of hydrogen-bond acceptors (Lipinski definition) is 6. The third kappa shape index (κ3) is 6.52. The summed E-state index contributed by atoms with van der Waals surface area (Å²) in [5, 5.41) is 11.4. The summed E-state index contributed by atoms with van der Waals surface area (Å²) in [6.07, 6.45) is 1.79. The van der Waals surface area contributed by atoms with Crippen LogP contribution in [0.4, 0.5) is 0 Å². The van der Waals surface area contributed by atoms with Gasteiger partial charge in [0, 0.05) is 18.7 Å². The molecule has 37 heavy (non-hydrogen) atoms. The molecular formula is C30H40N2O5. The largest absolute Gasteiger partial charge is 0.507 e. The maximum atomic E-state index is 13.3. The van der Waals surface area contributed by atoms with Crippen LogP contribution in [-0.4, -0.2) is 66.0 Å². The number of Topliss-reactive ketones (excluding diaryl/α,β-unsaturated/α-hetero) is 1. The highest BCUT2D eigenvalue weighted by Gasteiger charge is 2.46. The van der Waals surface area contributed by atoms with Gasteiger partial charge in [-0.1, -0.05) is 39.8 Å². The number of rotatable bonds is 13. The number of amides is 1. The topological polar surface area (TPSA) is 79.3 Å². The fourth-order valence-corrected chi connectivity index (χ4v) is 4.54. The number of ether oxygens (including phenoxy) is 2. The van der Waals surface area contributed by atoms with Gasteiger partial charge in [0.15, 0.2) is 0 Å². The summed E-state index contributed by atoms with van der Waals surface area (Å²) >= 11 is 0. The molecule has 0 radical (unpaired) electrons. The van der Waals surface area contributed by atoms with Crippen molar-refractivity contribution in [1.29, 1.82) is 0 Å². The van der Waals surface area contributed by atoms with Crippen molar-refractivity contribution < 1.29 is 24.2 Å². The van der Waals surface area contributed by atoms with Crippen molar-refractivity contribution in [3.05, 3.63) is 64.7 Å². The molecule has 0 saturated carbocycles. The monoisotopic (exact) mass is 508 g/mol. The first-order valence-electron chi connectivity index (χ1n) is 13.3. The second kappa shape index (κ2) is 13.3. The zero-order valence-corrected chi connectivity index (χ0v) is 22.8. The molecule has 3 rings (SSSR count). The Balaban J connectivity index is 2.05. The Hall–Kier alpha value is -3.32. The van der Waals surface area contributed by atoms with Gasteiger partial charge in [-0.15, -0.1) is 0 Å². The molecule has 1 atom stereocenters. The van der Waals surface area contributed by atoms with Gasteiger partial charge in [0.2, 0.25) is 0 Å². The van der Waals surface area contributed by atoms with Crippen LogP contribution in [0.2, 0.25) is 0 Å². The molecule has 1 N–H and O–H groups in total. The van der Waals surface area contributed by atoms with Crippen molar-refractivity contribution in [2.45, 2.75) is 53.5 Å². The van der Waals surface area contributed by atoms with Crippen LogP contribution in [0.3, 0.4) is 0 Å². The first-order valence-corrected chi connectivity index (χ1v) is 13.3. The number of aliphatic hydroxyl groups is 1. The van der Waals surface area contributed by atoms with Crippen molar-refractivity contribution in [3.63, 3.8) is 0 Å². The zero-order chi connectivity index (χ0) is 26.9. The molecule has 1 aliphatic rings. The van der Waals surface area contributed by atoms with Crippen LogP contribution < -0.4 is 9.47 Å². The van der Waals surface area contributed by atoms with E-state index in [2.05, 4.69) is 18.7 Å². The van der Waals surface area contributed by atoms with Crippen LogP contribution in [0.1, 0.15) is 63.3 Å². The highest BCUT2D eigenvalue weighted by Crippen LogP contribution is 2.40. The second-order valence-electron chi connectivity index (χ2n) is 9.27. The van der Waals surface area contributed by atoms with Crippen molar-refractivity contribution in [1.82, 2.24) is 9.80 Å². The van der Waals surface area contributed by atoms with Crippen LogP contribution in [0, 0.1) is 6.92 Å². The van der Waals surface area contributed by atoms with Gasteiger partial charge >= 0.3 is 0 Å². The summed E-state index contributed by atoms with van der Waals surface area (Å²) in [4.78, 5) is 30.4. The van der Waals surface area contributed by atoms with Crippen LogP contribution in [0.15, 0.2) is 48.0 Å². The zero-order valence-electron chi connectivity index (χ0n) is 22.8. The number of likely N-dealkylation sites (tertiary alicyclic amines) is 1. The second-order valence-corrected chi connectivity index (χ2v) is 9.27. The summed E-state index contributed by atoms with van der Waals surface area (Å²) in [7, 11) is 0. The molecule has 2 aromatic rings. The van der Waals surface area contributed by atoms with E-state index in [0.29, 0.717) is 31.9 Å². The first-order chi connectivity index (χ1) is 17.9. The van der Waals surface area contributed by atoms with Gasteiger partial charge in [0.1, 0.15) is 17.3 Å². The third-order valence-electron chi connectivity index (χ3n) is 6.67. The predicted molar refractivity (Wildman–Crippen MR) is 146 cm³/mol. The average Bonchev–Trinajstić information content (AvgIpc) is 3.16. The molecule has 0 aromatic heterocycles. The number of carbonyl (C=O) groups is 2. The Morgan fingerprint density at radius 1 is 0.946 bits per heavy atom. The minimum atomic E-state index is -0.688. The van der Waals surface area contributed by atoms with Crippen molar-refractivity contribution in [2.24, 2.45) is 0 Å². The molecule has 1 aliphatic heterocycles. The molecule has 2 aromatic carbocycles. The van der Waals surface area contributed by atoms with Crippen molar-refractivity contribution in [2.75, 3.05) is 39.4 Å². The van der Waals surface area contributed by atoms with Gasteiger partial charge in [-0.3, -0.25) is 9.59 Å². The van der Waals surface area contributed by atoms with Gasteiger partial charge in [-0.2, -0.15) is 0 Å². The summed E-state index contributed by atoms with van der Waals surface area (Å²) in [6.45, 7) is 14.0. The lowest BCUT2D eigenvalue weighted by Gasteiger charge is -2.28. The number of benzene rings is 2. The molecule has 0 bridgehead atoms. The van der Waals surface area contributed by atoms with E-state index >= 15 is 0 Å². The predicted octanol–water partition coefficient (Wildman–Crippen LogP) is 5.34. The van der Waals surface area contributed by atoms with Gasteiger partial charge in [0.25, 0.3) is 11.7 Å². The average molecular weight is 509 g/mol. The fraction of sp³-hybridized carbons (Fsp3) is 0.467. The Morgan fingerprint density at radius 2 is 1.59 bits per heavy atom.